The lowest BCUT2D eigenvalue weighted by atomic mass is 9.93. The fourth-order valence-electron chi connectivity index (χ4n) is 2.74. The molecule has 1 unspecified atom stereocenters. The number of nitrogens with one attached hydrogen (secondary N) is 1. The van der Waals surface area contributed by atoms with Crippen LogP contribution in [-0.2, 0) is 4.74 Å². The first-order valence-electron chi connectivity index (χ1n) is 6.60. The third-order valence-electron chi connectivity index (χ3n) is 3.55. The topological polar surface area (TPSA) is 21.3 Å². The van der Waals surface area contributed by atoms with Crippen LogP contribution in [0.5, 0.6) is 0 Å². The minimum Gasteiger partial charge on any atom is -0.385 e. The van der Waals surface area contributed by atoms with Crippen molar-refractivity contribution >= 4 is 0 Å². The molecule has 15 heavy (non-hydrogen) atoms. The van der Waals surface area contributed by atoms with Crippen molar-refractivity contribution in [3.8, 4) is 0 Å². The summed E-state index contributed by atoms with van der Waals surface area (Å²) < 4.78 is 5.09. The lowest BCUT2D eigenvalue weighted by Crippen LogP contribution is -2.35. The zero-order valence-electron chi connectivity index (χ0n) is 10.4. The summed E-state index contributed by atoms with van der Waals surface area (Å²) in [4.78, 5) is 0. The van der Waals surface area contributed by atoms with E-state index >= 15 is 0 Å². The Hall–Kier alpha value is -0.0800. The minimum absolute atomic E-state index is 0.773. The Labute approximate surface area is 94.8 Å². The molecule has 1 rings (SSSR count). The molecule has 0 aromatic heterocycles. The van der Waals surface area contributed by atoms with E-state index in [0.717, 1.165) is 25.1 Å². The number of hydrogen-bond acceptors (Lipinski definition) is 2. The van der Waals surface area contributed by atoms with Crippen molar-refractivity contribution in [3.63, 3.8) is 0 Å². The number of hydrogen-bond donors (Lipinski definition) is 1. The van der Waals surface area contributed by atoms with E-state index in [1.807, 2.05) is 0 Å². The lowest BCUT2D eigenvalue weighted by Gasteiger charge is -2.24. The van der Waals surface area contributed by atoms with Gasteiger partial charge in [-0.05, 0) is 44.6 Å². The summed E-state index contributed by atoms with van der Waals surface area (Å²) in [5.41, 5.74) is 0. The van der Waals surface area contributed by atoms with Crippen LogP contribution in [0.4, 0.5) is 0 Å². The molecule has 1 aliphatic carbocycles. The lowest BCUT2D eigenvalue weighted by molar-refractivity contribution is 0.189. The van der Waals surface area contributed by atoms with Gasteiger partial charge in [0.05, 0.1) is 0 Å². The number of rotatable bonds is 8. The van der Waals surface area contributed by atoms with Crippen molar-refractivity contribution in [2.24, 2.45) is 5.92 Å². The van der Waals surface area contributed by atoms with E-state index in [4.69, 9.17) is 4.74 Å². The van der Waals surface area contributed by atoms with Gasteiger partial charge in [0, 0.05) is 19.8 Å². The Bertz CT molecular complexity index is 143. The minimum atomic E-state index is 0.773. The first kappa shape index (κ1) is 13.0. The van der Waals surface area contributed by atoms with Gasteiger partial charge in [-0.2, -0.15) is 0 Å². The highest BCUT2D eigenvalue weighted by Gasteiger charge is 2.23. The maximum atomic E-state index is 5.09. The number of ether oxygens (including phenoxy) is 1. The largest absolute Gasteiger partial charge is 0.385 e. The van der Waals surface area contributed by atoms with Gasteiger partial charge in [-0.25, -0.2) is 0 Å². The summed E-state index contributed by atoms with van der Waals surface area (Å²) in [6, 6.07) is 0.773. The van der Waals surface area contributed by atoms with Crippen LogP contribution in [0.1, 0.15) is 51.9 Å². The second kappa shape index (κ2) is 8.12. The molecule has 0 bridgehead atoms. The first-order chi connectivity index (χ1) is 7.38. The van der Waals surface area contributed by atoms with Crippen LogP contribution in [0.25, 0.3) is 0 Å². The fourth-order valence-corrected chi connectivity index (χ4v) is 2.74. The van der Waals surface area contributed by atoms with E-state index in [9.17, 15) is 0 Å². The number of methoxy groups -OCH3 is 1. The molecule has 0 aromatic carbocycles. The van der Waals surface area contributed by atoms with Crippen LogP contribution < -0.4 is 5.32 Å². The van der Waals surface area contributed by atoms with Crippen LogP contribution in [0.3, 0.4) is 0 Å². The van der Waals surface area contributed by atoms with E-state index in [2.05, 4.69) is 12.2 Å². The van der Waals surface area contributed by atoms with Crippen LogP contribution in [-0.4, -0.2) is 26.3 Å². The summed E-state index contributed by atoms with van der Waals surface area (Å²) >= 11 is 0. The normalized spacial score (nSPS) is 19.6. The Kier molecular flexibility index (Phi) is 7.03. The summed E-state index contributed by atoms with van der Waals surface area (Å²) in [6.07, 6.45) is 9.65. The second-order valence-electron chi connectivity index (χ2n) is 4.70. The molecule has 0 amide bonds. The maximum absolute atomic E-state index is 5.09. The highest BCUT2D eigenvalue weighted by molar-refractivity contribution is 4.80. The number of unbranched alkanes of at least 4 members (excludes halogenated alkanes) is 1. The van der Waals surface area contributed by atoms with Gasteiger partial charge in [0.1, 0.15) is 0 Å². The molecule has 0 aromatic rings. The summed E-state index contributed by atoms with van der Waals surface area (Å²) in [7, 11) is 1.79. The summed E-state index contributed by atoms with van der Waals surface area (Å²) in [5.74, 6) is 0.951. The monoisotopic (exact) mass is 213 g/mol. The van der Waals surface area contributed by atoms with Gasteiger partial charge < -0.3 is 10.1 Å². The molecule has 0 spiro atoms. The van der Waals surface area contributed by atoms with Gasteiger partial charge in [0.25, 0.3) is 0 Å². The van der Waals surface area contributed by atoms with Crippen LogP contribution in [0.2, 0.25) is 0 Å². The third kappa shape index (κ3) is 4.98. The van der Waals surface area contributed by atoms with E-state index in [1.165, 1.54) is 44.9 Å². The van der Waals surface area contributed by atoms with E-state index < -0.39 is 0 Å². The predicted octanol–water partition coefficient (Wildman–Crippen LogP) is 2.97. The fraction of sp³-hybridized carbons (Fsp3) is 1.00. The second-order valence-corrected chi connectivity index (χ2v) is 4.70. The summed E-state index contributed by atoms with van der Waals surface area (Å²) in [5, 5.41) is 3.66. The molecule has 2 heteroatoms. The zero-order chi connectivity index (χ0) is 10.9. The molecule has 1 atom stereocenters. The molecule has 2 nitrogen and oxygen atoms in total. The molecule has 90 valence electrons. The molecular formula is C13H27NO. The Morgan fingerprint density at radius 3 is 2.60 bits per heavy atom. The van der Waals surface area contributed by atoms with Crippen molar-refractivity contribution in [2.75, 3.05) is 20.3 Å². The average Bonchev–Trinajstić information content (AvgIpc) is 2.76. The first-order valence-corrected chi connectivity index (χ1v) is 6.60. The quantitative estimate of drug-likeness (QED) is 0.626. The van der Waals surface area contributed by atoms with Crippen molar-refractivity contribution in [3.05, 3.63) is 0 Å². The smallest absolute Gasteiger partial charge is 0.0462 e. The molecule has 0 heterocycles. The molecular weight excluding hydrogens is 186 g/mol. The van der Waals surface area contributed by atoms with Gasteiger partial charge in [0.2, 0.25) is 0 Å². The SMILES string of the molecule is CCNC(CCCCOC)C1CCCC1. The molecule has 0 radical (unpaired) electrons. The Balaban J connectivity index is 2.17. The third-order valence-corrected chi connectivity index (χ3v) is 3.55. The highest BCUT2D eigenvalue weighted by atomic mass is 16.5. The molecule has 1 fully saturated rings. The zero-order valence-corrected chi connectivity index (χ0v) is 10.4. The van der Waals surface area contributed by atoms with Gasteiger partial charge in [-0.3, -0.25) is 0 Å². The predicted molar refractivity (Wildman–Crippen MR) is 65.1 cm³/mol. The summed E-state index contributed by atoms with van der Waals surface area (Å²) in [6.45, 7) is 4.26. The van der Waals surface area contributed by atoms with Crippen LogP contribution >= 0.6 is 0 Å². The molecule has 1 aliphatic rings. The molecule has 0 aliphatic heterocycles. The molecule has 1 N–H and O–H groups in total. The Morgan fingerprint density at radius 2 is 2.00 bits per heavy atom. The van der Waals surface area contributed by atoms with Crippen molar-refractivity contribution in [1.82, 2.24) is 5.32 Å². The maximum Gasteiger partial charge on any atom is 0.0462 e. The van der Waals surface area contributed by atoms with Crippen molar-refractivity contribution in [1.29, 1.82) is 0 Å². The standard InChI is InChI=1S/C13H27NO/c1-3-14-13(10-6-7-11-15-2)12-8-4-5-9-12/h12-14H,3-11H2,1-2H3. The highest BCUT2D eigenvalue weighted by Crippen LogP contribution is 2.29. The van der Waals surface area contributed by atoms with Crippen LogP contribution in [0.15, 0.2) is 0 Å². The van der Waals surface area contributed by atoms with Crippen LogP contribution in [0, 0.1) is 5.92 Å². The van der Waals surface area contributed by atoms with Gasteiger partial charge >= 0.3 is 0 Å². The van der Waals surface area contributed by atoms with Gasteiger partial charge in [0.15, 0.2) is 0 Å². The van der Waals surface area contributed by atoms with Gasteiger partial charge in [-0.1, -0.05) is 19.8 Å². The van der Waals surface area contributed by atoms with Gasteiger partial charge in [-0.15, -0.1) is 0 Å². The van der Waals surface area contributed by atoms with Crippen molar-refractivity contribution in [2.45, 2.75) is 57.9 Å². The van der Waals surface area contributed by atoms with E-state index in [1.54, 1.807) is 7.11 Å². The molecule has 1 saturated carbocycles. The van der Waals surface area contributed by atoms with Crippen molar-refractivity contribution < 1.29 is 4.74 Å². The van der Waals surface area contributed by atoms with E-state index in [0.29, 0.717) is 0 Å². The average molecular weight is 213 g/mol. The Morgan fingerprint density at radius 1 is 1.27 bits per heavy atom. The molecule has 0 saturated heterocycles. The van der Waals surface area contributed by atoms with E-state index in [-0.39, 0.29) is 0 Å².